The predicted molar refractivity (Wildman–Crippen MR) is 97.0 cm³/mol. The molecule has 0 radical (unpaired) electrons. The predicted octanol–water partition coefficient (Wildman–Crippen LogP) is 2.10. The lowest BCUT2D eigenvalue weighted by molar-refractivity contribution is -0.132. The number of nitrogens with zero attached hydrogens (tertiary/aromatic N) is 3. The number of rotatable bonds is 3. The highest BCUT2D eigenvalue weighted by Gasteiger charge is 2.32. The van der Waals surface area contributed by atoms with Crippen molar-refractivity contribution in [1.29, 1.82) is 0 Å². The van der Waals surface area contributed by atoms with Crippen LogP contribution in [0.4, 0.5) is 0 Å². The molecule has 1 amide bonds. The molecule has 136 valence electrons. The standard InChI is InChI=1S/C18H25N3O3S/c1-13-8-10-14(11-9-13)21(3)17(22)12-20(2)18-15-6-4-5-7-16(15)25(23,24)19-18/h4-7,13-14H,8-12H2,1-3H3. The van der Waals surface area contributed by atoms with Gasteiger partial charge in [0.25, 0.3) is 10.0 Å². The van der Waals surface area contributed by atoms with E-state index in [9.17, 15) is 13.2 Å². The van der Waals surface area contributed by atoms with E-state index in [0.29, 0.717) is 11.4 Å². The number of amides is 1. The average Bonchev–Trinajstić information content (AvgIpc) is 2.87. The molecule has 25 heavy (non-hydrogen) atoms. The summed E-state index contributed by atoms with van der Waals surface area (Å²) in [6.07, 6.45) is 4.36. The second-order valence-corrected chi connectivity index (χ2v) is 8.73. The molecule has 7 heteroatoms. The zero-order valence-corrected chi connectivity index (χ0v) is 15.8. The molecule has 1 aliphatic carbocycles. The van der Waals surface area contributed by atoms with Gasteiger partial charge in [0.2, 0.25) is 5.91 Å². The molecule has 0 aromatic heterocycles. The van der Waals surface area contributed by atoms with Crippen LogP contribution in [0.15, 0.2) is 33.6 Å². The summed E-state index contributed by atoms with van der Waals surface area (Å²) in [6, 6.07) is 7.01. The van der Waals surface area contributed by atoms with Crippen LogP contribution in [-0.2, 0) is 14.8 Å². The van der Waals surface area contributed by atoms with E-state index in [0.717, 1.165) is 31.6 Å². The third-order valence-corrected chi connectivity index (χ3v) is 6.60. The van der Waals surface area contributed by atoms with E-state index in [1.165, 1.54) is 0 Å². The Morgan fingerprint density at radius 3 is 2.48 bits per heavy atom. The maximum atomic E-state index is 12.6. The van der Waals surface area contributed by atoms with E-state index in [-0.39, 0.29) is 23.4 Å². The maximum absolute atomic E-state index is 12.6. The first-order chi connectivity index (χ1) is 11.8. The number of fused-ring (bicyclic) bond motifs is 1. The van der Waals surface area contributed by atoms with E-state index < -0.39 is 10.0 Å². The Bertz CT molecular complexity index is 796. The summed E-state index contributed by atoms with van der Waals surface area (Å²) in [4.78, 5) is 16.3. The average molecular weight is 363 g/mol. The van der Waals surface area contributed by atoms with Crippen LogP contribution in [0.5, 0.6) is 0 Å². The highest BCUT2D eigenvalue weighted by molar-refractivity contribution is 7.90. The Kier molecular flexibility index (Phi) is 4.86. The normalized spacial score (nSPS) is 24.4. The molecular weight excluding hydrogens is 338 g/mol. The van der Waals surface area contributed by atoms with Crippen molar-refractivity contribution in [3.05, 3.63) is 29.8 Å². The third-order valence-electron chi connectivity index (χ3n) is 5.27. The number of hydrogen-bond donors (Lipinski definition) is 0. The van der Waals surface area contributed by atoms with Crippen molar-refractivity contribution in [2.45, 2.75) is 43.5 Å². The molecule has 6 nitrogen and oxygen atoms in total. The second-order valence-electron chi connectivity index (χ2n) is 7.16. The first-order valence-corrected chi connectivity index (χ1v) is 10.1. The minimum atomic E-state index is -3.66. The molecule has 1 heterocycles. The summed E-state index contributed by atoms with van der Waals surface area (Å²) in [5.41, 5.74) is 0.562. The maximum Gasteiger partial charge on any atom is 0.285 e. The van der Waals surface area contributed by atoms with Crippen LogP contribution in [0.1, 0.15) is 38.2 Å². The lowest BCUT2D eigenvalue weighted by atomic mass is 9.87. The SMILES string of the molecule is CC1CCC(N(C)C(=O)CN(C)C2=NS(=O)(=O)c3ccccc32)CC1. The van der Waals surface area contributed by atoms with Crippen molar-refractivity contribution < 1.29 is 13.2 Å². The third kappa shape index (κ3) is 3.56. The van der Waals surface area contributed by atoms with Crippen LogP contribution >= 0.6 is 0 Å². The fourth-order valence-electron chi connectivity index (χ4n) is 3.59. The quantitative estimate of drug-likeness (QED) is 0.825. The first kappa shape index (κ1) is 17.9. The van der Waals surface area contributed by atoms with E-state index in [4.69, 9.17) is 0 Å². The van der Waals surface area contributed by atoms with Gasteiger partial charge in [0.15, 0.2) is 5.84 Å². The van der Waals surface area contributed by atoms with Crippen LogP contribution in [0.3, 0.4) is 0 Å². The highest BCUT2D eigenvalue weighted by atomic mass is 32.2. The van der Waals surface area contributed by atoms with Crippen molar-refractivity contribution >= 4 is 21.8 Å². The minimum absolute atomic E-state index is 0.00784. The van der Waals surface area contributed by atoms with Gasteiger partial charge in [0.1, 0.15) is 4.90 Å². The fraction of sp³-hybridized carbons (Fsp3) is 0.556. The number of hydrogen-bond acceptors (Lipinski definition) is 4. The van der Waals surface area contributed by atoms with E-state index in [2.05, 4.69) is 11.3 Å². The summed E-state index contributed by atoms with van der Waals surface area (Å²) in [6.45, 7) is 2.37. The molecular formula is C18H25N3O3S. The molecule has 0 spiro atoms. The van der Waals surface area contributed by atoms with Crippen molar-refractivity contribution in [2.24, 2.45) is 10.3 Å². The highest BCUT2D eigenvalue weighted by Crippen LogP contribution is 2.28. The summed E-state index contributed by atoms with van der Waals surface area (Å²) in [5, 5.41) is 0. The molecule has 1 aromatic rings. The lowest BCUT2D eigenvalue weighted by Gasteiger charge is -2.34. The Balaban J connectivity index is 1.70. The van der Waals surface area contributed by atoms with Gasteiger partial charge in [-0.3, -0.25) is 4.79 Å². The van der Waals surface area contributed by atoms with Gasteiger partial charge in [-0.15, -0.1) is 4.40 Å². The van der Waals surface area contributed by atoms with Gasteiger partial charge in [0, 0.05) is 25.7 Å². The Morgan fingerprint density at radius 2 is 1.80 bits per heavy atom. The lowest BCUT2D eigenvalue weighted by Crippen LogP contribution is -2.45. The van der Waals surface area contributed by atoms with Crippen LogP contribution < -0.4 is 0 Å². The van der Waals surface area contributed by atoms with Crippen LogP contribution in [0, 0.1) is 5.92 Å². The van der Waals surface area contributed by atoms with Crippen molar-refractivity contribution in [1.82, 2.24) is 9.80 Å². The molecule has 1 aliphatic heterocycles. The summed E-state index contributed by atoms with van der Waals surface area (Å²) < 4.78 is 28.2. The number of benzene rings is 1. The van der Waals surface area contributed by atoms with Crippen LogP contribution in [-0.4, -0.2) is 56.6 Å². The molecule has 1 aromatic carbocycles. The van der Waals surface area contributed by atoms with E-state index in [1.54, 1.807) is 36.2 Å². The molecule has 0 bridgehead atoms. The summed E-state index contributed by atoms with van der Waals surface area (Å²) in [5.74, 6) is 1.07. The number of likely N-dealkylation sites (N-methyl/N-ethyl adjacent to an activating group) is 2. The minimum Gasteiger partial charge on any atom is -0.349 e. The molecule has 0 atom stereocenters. The smallest absolute Gasteiger partial charge is 0.285 e. The van der Waals surface area contributed by atoms with Crippen molar-refractivity contribution in [3.63, 3.8) is 0 Å². The Hall–Kier alpha value is -1.89. The van der Waals surface area contributed by atoms with Gasteiger partial charge < -0.3 is 9.80 Å². The molecule has 1 saturated carbocycles. The van der Waals surface area contributed by atoms with Gasteiger partial charge >= 0.3 is 0 Å². The zero-order chi connectivity index (χ0) is 18.2. The van der Waals surface area contributed by atoms with E-state index >= 15 is 0 Å². The van der Waals surface area contributed by atoms with Crippen LogP contribution in [0.25, 0.3) is 0 Å². The fourth-order valence-corrected chi connectivity index (χ4v) is 4.84. The largest absolute Gasteiger partial charge is 0.349 e. The topological polar surface area (TPSA) is 70.1 Å². The Labute approximate surface area is 149 Å². The first-order valence-electron chi connectivity index (χ1n) is 8.71. The van der Waals surface area contributed by atoms with Gasteiger partial charge in [-0.2, -0.15) is 8.42 Å². The van der Waals surface area contributed by atoms with Gasteiger partial charge in [-0.05, 0) is 43.7 Å². The van der Waals surface area contributed by atoms with Gasteiger partial charge in [-0.25, -0.2) is 0 Å². The molecule has 0 unspecified atom stereocenters. The Morgan fingerprint density at radius 1 is 1.16 bits per heavy atom. The summed E-state index contributed by atoms with van der Waals surface area (Å²) >= 11 is 0. The van der Waals surface area contributed by atoms with Crippen molar-refractivity contribution in [3.8, 4) is 0 Å². The van der Waals surface area contributed by atoms with Gasteiger partial charge in [0.05, 0.1) is 6.54 Å². The summed E-state index contributed by atoms with van der Waals surface area (Å²) in [7, 11) is -0.102. The van der Waals surface area contributed by atoms with Crippen LogP contribution in [0.2, 0.25) is 0 Å². The van der Waals surface area contributed by atoms with Crippen molar-refractivity contribution in [2.75, 3.05) is 20.6 Å². The van der Waals surface area contributed by atoms with Gasteiger partial charge in [-0.1, -0.05) is 19.1 Å². The van der Waals surface area contributed by atoms with E-state index in [1.807, 2.05) is 11.9 Å². The zero-order valence-electron chi connectivity index (χ0n) is 15.0. The second kappa shape index (κ2) is 6.78. The number of carbonyl (C=O) groups is 1. The number of sulfonamides is 1. The number of carbonyl (C=O) groups excluding carboxylic acids is 1. The molecule has 2 aliphatic rings. The molecule has 0 N–H and O–H groups in total. The molecule has 0 saturated heterocycles. The number of amidine groups is 1. The molecule has 3 rings (SSSR count). The molecule has 1 fully saturated rings. The monoisotopic (exact) mass is 363 g/mol.